The minimum atomic E-state index is -0.481. The van der Waals surface area contributed by atoms with Crippen molar-refractivity contribution < 1.29 is 14.3 Å². The number of rotatable bonds is 3. The van der Waals surface area contributed by atoms with E-state index >= 15 is 0 Å². The van der Waals surface area contributed by atoms with E-state index in [1.807, 2.05) is 39.8 Å². The quantitative estimate of drug-likeness (QED) is 0.565. The van der Waals surface area contributed by atoms with Gasteiger partial charge in [0.25, 0.3) is 5.91 Å². The fraction of sp³-hybridized carbons (Fsp3) is 0.786. The van der Waals surface area contributed by atoms with Gasteiger partial charge in [-0.1, -0.05) is 0 Å². The lowest BCUT2D eigenvalue weighted by Crippen LogP contribution is -2.50. The van der Waals surface area contributed by atoms with Gasteiger partial charge in [0.1, 0.15) is 5.60 Å². The molecular weight excluding hydrogens is 272 g/mol. The van der Waals surface area contributed by atoms with Gasteiger partial charge in [0.2, 0.25) is 0 Å². The summed E-state index contributed by atoms with van der Waals surface area (Å²) in [6.07, 6.45) is 1.21. The van der Waals surface area contributed by atoms with Crippen molar-refractivity contribution in [1.29, 1.82) is 0 Å². The SMILES string of the molecule is CN(C)C=NC(=O)CN1CCN(C(=O)OC(C)(C)C)CC1. The molecule has 2 amide bonds. The van der Waals surface area contributed by atoms with Crippen molar-refractivity contribution in [3.05, 3.63) is 0 Å². The minimum Gasteiger partial charge on any atom is -0.444 e. The van der Waals surface area contributed by atoms with E-state index in [0.717, 1.165) is 0 Å². The number of nitrogens with zero attached hydrogens (tertiary/aromatic N) is 4. The Kier molecular flexibility index (Phi) is 6.14. The van der Waals surface area contributed by atoms with E-state index in [4.69, 9.17) is 4.74 Å². The number of amides is 2. The number of hydrogen-bond acceptors (Lipinski definition) is 4. The zero-order valence-electron chi connectivity index (χ0n) is 13.6. The van der Waals surface area contributed by atoms with E-state index < -0.39 is 5.60 Å². The van der Waals surface area contributed by atoms with Gasteiger partial charge < -0.3 is 14.5 Å². The fourth-order valence-electron chi connectivity index (χ4n) is 1.83. The zero-order valence-corrected chi connectivity index (χ0v) is 13.6. The second-order valence-electron chi connectivity index (χ2n) is 6.35. The molecule has 0 saturated carbocycles. The monoisotopic (exact) mass is 298 g/mol. The molecule has 7 heteroatoms. The molecule has 1 heterocycles. The van der Waals surface area contributed by atoms with Gasteiger partial charge in [-0.25, -0.2) is 9.79 Å². The molecule has 7 nitrogen and oxygen atoms in total. The average Bonchev–Trinajstić information content (AvgIpc) is 2.35. The first-order valence-electron chi connectivity index (χ1n) is 7.11. The number of aliphatic imine (C=N–C) groups is 1. The van der Waals surface area contributed by atoms with Crippen LogP contribution in [0.25, 0.3) is 0 Å². The molecule has 1 aliphatic heterocycles. The van der Waals surface area contributed by atoms with Crippen molar-refractivity contribution >= 4 is 18.3 Å². The van der Waals surface area contributed by atoms with Gasteiger partial charge in [-0.05, 0) is 20.8 Å². The first-order chi connectivity index (χ1) is 9.67. The molecule has 21 heavy (non-hydrogen) atoms. The topological polar surface area (TPSA) is 65.5 Å². The molecule has 1 aliphatic rings. The van der Waals surface area contributed by atoms with Gasteiger partial charge in [0.05, 0.1) is 12.9 Å². The number of ether oxygens (including phenoxy) is 1. The van der Waals surface area contributed by atoms with Crippen molar-refractivity contribution in [3.8, 4) is 0 Å². The summed E-state index contributed by atoms with van der Waals surface area (Å²) in [5, 5.41) is 0. The van der Waals surface area contributed by atoms with Crippen LogP contribution in [0.4, 0.5) is 4.79 Å². The summed E-state index contributed by atoms with van der Waals surface area (Å²) in [5.41, 5.74) is -0.481. The highest BCUT2D eigenvalue weighted by atomic mass is 16.6. The molecule has 1 rings (SSSR count). The predicted octanol–water partition coefficient (Wildman–Crippen LogP) is 0.656. The number of piperazine rings is 1. The molecule has 1 saturated heterocycles. The lowest BCUT2D eigenvalue weighted by atomic mass is 10.2. The predicted molar refractivity (Wildman–Crippen MR) is 81.4 cm³/mol. The Hall–Kier alpha value is -1.63. The Morgan fingerprint density at radius 3 is 2.24 bits per heavy atom. The van der Waals surface area contributed by atoms with Crippen LogP contribution in [0.1, 0.15) is 20.8 Å². The van der Waals surface area contributed by atoms with Gasteiger partial charge in [0.15, 0.2) is 0 Å². The van der Waals surface area contributed by atoms with Crippen molar-refractivity contribution in [2.75, 3.05) is 46.8 Å². The van der Waals surface area contributed by atoms with Gasteiger partial charge in [-0.3, -0.25) is 9.69 Å². The normalized spacial score (nSPS) is 17.1. The minimum absolute atomic E-state index is 0.172. The summed E-state index contributed by atoms with van der Waals surface area (Å²) in [6, 6.07) is 0. The molecule has 120 valence electrons. The van der Waals surface area contributed by atoms with E-state index in [0.29, 0.717) is 26.2 Å². The van der Waals surface area contributed by atoms with Crippen molar-refractivity contribution in [3.63, 3.8) is 0 Å². The summed E-state index contributed by atoms with van der Waals surface area (Å²) in [6.45, 7) is 8.28. The Labute approximate surface area is 126 Å². The van der Waals surface area contributed by atoms with E-state index in [1.54, 1.807) is 9.80 Å². The highest BCUT2D eigenvalue weighted by Crippen LogP contribution is 2.11. The molecule has 0 aromatic heterocycles. The summed E-state index contributed by atoms with van der Waals surface area (Å²) >= 11 is 0. The van der Waals surface area contributed by atoms with Crippen LogP contribution in [0.5, 0.6) is 0 Å². The highest BCUT2D eigenvalue weighted by molar-refractivity contribution is 5.85. The summed E-state index contributed by atoms with van der Waals surface area (Å²) in [4.78, 5) is 32.8. The second-order valence-corrected chi connectivity index (χ2v) is 6.35. The Morgan fingerprint density at radius 2 is 1.76 bits per heavy atom. The highest BCUT2D eigenvalue weighted by Gasteiger charge is 2.26. The van der Waals surface area contributed by atoms with Gasteiger partial charge in [-0.2, -0.15) is 0 Å². The lowest BCUT2D eigenvalue weighted by Gasteiger charge is -2.34. The molecule has 0 N–H and O–H groups in total. The Balaban J connectivity index is 2.35. The Morgan fingerprint density at radius 1 is 1.19 bits per heavy atom. The molecule has 0 spiro atoms. The summed E-state index contributed by atoms with van der Waals surface area (Å²) in [7, 11) is 3.63. The number of carbonyl (C=O) groups excluding carboxylic acids is 2. The Bertz CT molecular complexity index is 394. The second kappa shape index (κ2) is 7.40. The van der Waals surface area contributed by atoms with Gasteiger partial charge >= 0.3 is 6.09 Å². The fourth-order valence-corrected chi connectivity index (χ4v) is 1.83. The summed E-state index contributed by atoms with van der Waals surface area (Å²) < 4.78 is 5.33. The van der Waals surface area contributed by atoms with Gasteiger partial charge in [0, 0.05) is 40.3 Å². The standard InChI is InChI=1S/C14H26N4O3/c1-14(2,3)21-13(20)18-8-6-17(7-9-18)10-12(19)15-11-16(4)5/h11H,6-10H2,1-5H3. The average molecular weight is 298 g/mol. The van der Waals surface area contributed by atoms with Crippen molar-refractivity contribution in [2.24, 2.45) is 4.99 Å². The van der Waals surface area contributed by atoms with E-state index in [2.05, 4.69) is 4.99 Å². The van der Waals surface area contributed by atoms with E-state index in [-0.39, 0.29) is 18.5 Å². The number of carbonyl (C=O) groups is 2. The van der Waals surface area contributed by atoms with Gasteiger partial charge in [-0.15, -0.1) is 0 Å². The van der Waals surface area contributed by atoms with Crippen LogP contribution in [-0.2, 0) is 9.53 Å². The van der Waals surface area contributed by atoms with Crippen LogP contribution < -0.4 is 0 Å². The van der Waals surface area contributed by atoms with E-state index in [9.17, 15) is 9.59 Å². The molecule has 0 aromatic rings. The van der Waals surface area contributed by atoms with Crippen LogP contribution in [0.3, 0.4) is 0 Å². The summed E-state index contributed by atoms with van der Waals surface area (Å²) in [5.74, 6) is -0.172. The zero-order chi connectivity index (χ0) is 16.0. The van der Waals surface area contributed by atoms with Crippen molar-refractivity contribution in [1.82, 2.24) is 14.7 Å². The van der Waals surface area contributed by atoms with Crippen LogP contribution in [-0.4, -0.2) is 85.5 Å². The van der Waals surface area contributed by atoms with Crippen LogP contribution >= 0.6 is 0 Å². The van der Waals surface area contributed by atoms with E-state index in [1.165, 1.54) is 6.34 Å². The van der Waals surface area contributed by atoms with Crippen LogP contribution in [0.2, 0.25) is 0 Å². The van der Waals surface area contributed by atoms with Crippen LogP contribution in [0.15, 0.2) is 4.99 Å². The van der Waals surface area contributed by atoms with Crippen LogP contribution in [0, 0.1) is 0 Å². The molecule has 0 unspecified atom stereocenters. The molecule has 0 aliphatic carbocycles. The van der Waals surface area contributed by atoms with Crippen molar-refractivity contribution in [2.45, 2.75) is 26.4 Å². The first-order valence-corrected chi connectivity index (χ1v) is 7.11. The molecule has 1 fully saturated rings. The third kappa shape index (κ3) is 7.08. The first kappa shape index (κ1) is 17.4. The molecule has 0 aromatic carbocycles. The lowest BCUT2D eigenvalue weighted by molar-refractivity contribution is -0.119. The molecule has 0 radical (unpaired) electrons. The maximum Gasteiger partial charge on any atom is 0.410 e. The smallest absolute Gasteiger partial charge is 0.410 e. The third-order valence-corrected chi connectivity index (χ3v) is 2.82. The third-order valence-electron chi connectivity index (χ3n) is 2.82. The molecular formula is C14H26N4O3. The molecule has 0 atom stereocenters. The number of hydrogen-bond donors (Lipinski definition) is 0. The maximum absolute atomic E-state index is 11.9. The largest absolute Gasteiger partial charge is 0.444 e. The maximum atomic E-state index is 11.9. The molecule has 0 bridgehead atoms.